The number of para-hydroxylation sites is 2. The maximum Gasteiger partial charge on any atom is 0.171 e. The smallest absolute Gasteiger partial charge is 0.171 e. The van der Waals surface area contributed by atoms with Gasteiger partial charge in [0.2, 0.25) is 0 Å². The number of thiocarbonyl (C=S) groups is 1. The van der Waals surface area contributed by atoms with Crippen LogP contribution in [0.25, 0.3) is 10.9 Å². The number of rotatable bonds is 5. The molecule has 1 aromatic heterocycles. The highest BCUT2D eigenvalue weighted by atomic mass is 32.1. The molecule has 4 nitrogen and oxygen atoms in total. The molecule has 31 heavy (non-hydrogen) atoms. The molecule has 4 unspecified atom stereocenters. The lowest BCUT2D eigenvalue weighted by Gasteiger charge is -2.52. The number of benzene rings is 2. The number of aromatic nitrogens is 1. The van der Waals surface area contributed by atoms with Crippen molar-refractivity contribution < 1.29 is 0 Å². The molecule has 0 radical (unpaired) electrons. The predicted octanol–water partition coefficient (Wildman–Crippen LogP) is 5.16. The molecule has 4 heterocycles. The van der Waals surface area contributed by atoms with E-state index in [1.54, 1.807) is 0 Å². The van der Waals surface area contributed by atoms with Crippen molar-refractivity contribution in [3.05, 3.63) is 85.1 Å². The van der Waals surface area contributed by atoms with Crippen molar-refractivity contribution >= 4 is 33.9 Å². The first kappa shape index (κ1) is 20.2. The summed E-state index contributed by atoms with van der Waals surface area (Å²) in [4.78, 5) is 7.22. The first-order chi connectivity index (χ1) is 15.2. The second-order valence-corrected chi connectivity index (χ2v) is 9.01. The molecule has 5 heteroatoms. The molecule has 0 aliphatic carbocycles. The van der Waals surface area contributed by atoms with E-state index in [1.807, 2.05) is 42.6 Å². The van der Waals surface area contributed by atoms with Crippen molar-refractivity contribution in [1.29, 1.82) is 0 Å². The zero-order valence-corrected chi connectivity index (χ0v) is 18.4. The second-order valence-electron chi connectivity index (χ2n) is 8.61. The van der Waals surface area contributed by atoms with Gasteiger partial charge in [0.15, 0.2) is 5.11 Å². The Morgan fingerprint density at radius 3 is 2.71 bits per heavy atom. The van der Waals surface area contributed by atoms with E-state index in [0.29, 0.717) is 23.0 Å². The van der Waals surface area contributed by atoms with Crippen LogP contribution in [0.5, 0.6) is 0 Å². The van der Waals surface area contributed by atoms with Crippen LogP contribution >= 0.6 is 12.2 Å². The largest absolute Gasteiger partial charge is 0.354 e. The Morgan fingerprint density at radius 2 is 1.94 bits per heavy atom. The number of hydrogen-bond donors (Lipinski definition) is 2. The molecule has 158 valence electrons. The Bertz CT molecular complexity index is 1080. The first-order valence-corrected chi connectivity index (χ1v) is 11.5. The van der Waals surface area contributed by atoms with Crippen LogP contribution in [0.3, 0.4) is 0 Å². The maximum atomic E-state index is 5.76. The number of nitrogens with one attached hydrogen (secondary N) is 2. The molecule has 0 spiro atoms. The van der Waals surface area contributed by atoms with E-state index in [9.17, 15) is 0 Å². The fourth-order valence-electron chi connectivity index (χ4n) is 5.32. The maximum absolute atomic E-state index is 5.76. The van der Waals surface area contributed by atoms with Crippen molar-refractivity contribution in [2.75, 3.05) is 18.4 Å². The highest BCUT2D eigenvalue weighted by Crippen LogP contribution is 2.42. The lowest BCUT2D eigenvalue weighted by Crippen LogP contribution is -2.57. The van der Waals surface area contributed by atoms with Crippen molar-refractivity contribution in [3.63, 3.8) is 0 Å². The van der Waals surface area contributed by atoms with Gasteiger partial charge in [0, 0.05) is 29.9 Å². The normalized spacial score (nSPS) is 25.7. The number of fused-ring (bicyclic) bond motifs is 4. The summed E-state index contributed by atoms with van der Waals surface area (Å²) < 4.78 is 0. The minimum atomic E-state index is 0.0881. The first-order valence-electron chi connectivity index (χ1n) is 11.1. The molecule has 6 rings (SSSR count). The van der Waals surface area contributed by atoms with Crippen molar-refractivity contribution in [2.24, 2.45) is 11.8 Å². The number of anilines is 1. The Balaban J connectivity index is 1.48. The van der Waals surface area contributed by atoms with Crippen LogP contribution in [0.2, 0.25) is 0 Å². The van der Waals surface area contributed by atoms with Crippen LogP contribution in [-0.4, -0.2) is 34.1 Å². The molecule has 3 aromatic rings. The summed E-state index contributed by atoms with van der Waals surface area (Å²) in [6, 6.07) is 21.1. The van der Waals surface area contributed by atoms with Crippen LogP contribution in [-0.2, 0) is 0 Å². The lowest BCUT2D eigenvalue weighted by atomic mass is 9.73. The molecule has 0 amide bonds. The number of hydrogen-bond acceptors (Lipinski definition) is 3. The Morgan fingerprint density at radius 1 is 1.13 bits per heavy atom. The zero-order valence-electron chi connectivity index (χ0n) is 17.6. The van der Waals surface area contributed by atoms with Crippen LogP contribution < -0.4 is 10.6 Å². The number of pyridine rings is 1. The van der Waals surface area contributed by atoms with Crippen molar-refractivity contribution in [1.82, 2.24) is 15.2 Å². The summed E-state index contributed by atoms with van der Waals surface area (Å²) in [7, 11) is 0. The van der Waals surface area contributed by atoms with Gasteiger partial charge in [-0.1, -0.05) is 42.5 Å². The Hall–Kier alpha value is -2.76. The van der Waals surface area contributed by atoms with Crippen LogP contribution in [0.1, 0.15) is 24.4 Å². The molecule has 3 aliphatic heterocycles. The van der Waals surface area contributed by atoms with E-state index < -0.39 is 0 Å². The highest BCUT2D eigenvalue weighted by Gasteiger charge is 2.43. The van der Waals surface area contributed by atoms with Gasteiger partial charge in [-0.3, -0.25) is 9.88 Å². The highest BCUT2D eigenvalue weighted by molar-refractivity contribution is 7.80. The molecule has 5 atom stereocenters. The summed E-state index contributed by atoms with van der Waals surface area (Å²) in [5, 5.41) is 8.89. The van der Waals surface area contributed by atoms with Gasteiger partial charge in [-0.05, 0) is 73.3 Å². The van der Waals surface area contributed by atoms with E-state index in [4.69, 9.17) is 12.2 Å². The van der Waals surface area contributed by atoms with Gasteiger partial charge in [0.25, 0.3) is 0 Å². The number of piperidine rings is 3. The van der Waals surface area contributed by atoms with Crippen LogP contribution in [0.15, 0.2) is 79.5 Å². The fourth-order valence-corrected chi connectivity index (χ4v) is 5.57. The zero-order chi connectivity index (χ0) is 21.2. The monoisotopic (exact) mass is 428 g/mol. The Labute approximate surface area is 189 Å². The minimum Gasteiger partial charge on any atom is -0.354 e. The predicted molar refractivity (Wildman–Crippen MR) is 132 cm³/mol. The van der Waals surface area contributed by atoms with E-state index in [-0.39, 0.29) is 6.04 Å². The van der Waals surface area contributed by atoms with E-state index in [1.165, 1.54) is 17.4 Å². The Kier molecular flexibility index (Phi) is 5.70. The van der Waals surface area contributed by atoms with Gasteiger partial charge in [0.1, 0.15) is 0 Å². The van der Waals surface area contributed by atoms with Gasteiger partial charge < -0.3 is 10.6 Å². The van der Waals surface area contributed by atoms with Gasteiger partial charge in [-0.2, -0.15) is 0 Å². The summed E-state index contributed by atoms with van der Waals surface area (Å²) in [5.41, 5.74) is 3.28. The fraction of sp³-hybridized carbons (Fsp3) is 0.308. The third kappa shape index (κ3) is 4.08. The van der Waals surface area contributed by atoms with E-state index in [2.05, 4.69) is 57.4 Å². The number of nitrogens with zero attached hydrogens (tertiary/aromatic N) is 2. The van der Waals surface area contributed by atoms with Crippen molar-refractivity contribution in [3.8, 4) is 0 Å². The van der Waals surface area contributed by atoms with Gasteiger partial charge in [0.05, 0.1) is 11.6 Å². The molecule has 3 fully saturated rings. The molecule has 3 aliphatic rings. The molecule has 2 N–H and O–H groups in total. The molecule has 2 bridgehead atoms. The SMILES string of the molecule is C=CC1CN2CCC1CC2[C@@H](NC(=S)Nc1ccccc1)c1ccnc2ccccc12. The summed E-state index contributed by atoms with van der Waals surface area (Å²) in [6.07, 6.45) is 6.48. The summed E-state index contributed by atoms with van der Waals surface area (Å²) in [5.74, 6) is 1.29. The van der Waals surface area contributed by atoms with E-state index in [0.717, 1.165) is 30.7 Å². The molecule has 2 aromatic carbocycles. The molecule has 0 saturated carbocycles. The third-order valence-electron chi connectivity index (χ3n) is 6.87. The van der Waals surface area contributed by atoms with E-state index >= 15 is 0 Å². The molecular formula is C26H28N4S. The average Bonchev–Trinajstić information content (AvgIpc) is 2.83. The van der Waals surface area contributed by atoms with Crippen LogP contribution in [0, 0.1) is 11.8 Å². The van der Waals surface area contributed by atoms with Gasteiger partial charge in [-0.25, -0.2) is 0 Å². The minimum absolute atomic E-state index is 0.0881. The van der Waals surface area contributed by atoms with Gasteiger partial charge >= 0.3 is 0 Å². The van der Waals surface area contributed by atoms with Crippen molar-refractivity contribution in [2.45, 2.75) is 24.9 Å². The van der Waals surface area contributed by atoms with Crippen LogP contribution in [0.4, 0.5) is 5.69 Å². The quantitative estimate of drug-likeness (QED) is 0.434. The topological polar surface area (TPSA) is 40.2 Å². The molecule has 3 saturated heterocycles. The molecular weight excluding hydrogens is 400 g/mol. The standard InChI is InChI=1S/C26H28N4S/c1-2-18-17-30-15-13-19(18)16-24(30)25(29-26(31)28-20-8-4-3-5-9-20)22-12-14-27-23-11-7-6-10-21(22)23/h2-12,14,18-19,24-25H,1,13,15-17H2,(H2,28,29,31)/t18?,19?,24?,25-/m0/s1. The average molecular weight is 429 g/mol. The summed E-state index contributed by atoms with van der Waals surface area (Å²) >= 11 is 5.76. The lowest BCUT2D eigenvalue weighted by molar-refractivity contribution is 0.00443. The third-order valence-corrected chi connectivity index (χ3v) is 7.09. The summed E-state index contributed by atoms with van der Waals surface area (Å²) in [6.45, 7) is 6.31. The van der Waals surface area contributed by atoms with Gasteiger partial charge in [-0.15, -0.1) is 6.58 Å². The second kappa shape index (κ2) is 8.77.